The van der Waals surface area contributed by atoms with Gasteiger partial charge in [0.05, 0.1) is 18.5 Å². The lowest BCUT2D eigenvalue weighted by Gasteiger charge is -2.36. The SMILES string of the molecule is COc1ccccc1N1CCN(c2nc(C)c(C(=O)O)s2)CC1. The number of piperazine rings is 1. The smallest absolute Gasteiger partial charge is 0.347 e. The quantitative estimate of drug-likeness (QED) is 0.927. The summed E-state index contributed by atoms with van der Waals surface area (Å²) in [6, 6.07) is 7.99. The number of ether oxygens (including phenoxy) is 1. The summed E-state index contributed by atoms with van der Waals surface area (Å²) in [6.07, 6.45) is 0. The van der Waals surface area contributed by atoms with Gasteiger partial charge < -0.3 is 19.6 Å². The number of nitrogens with zero attached hydrogens (tertiary/aromatic N) is 3. The number of hydrogen-bond donors (Lipinski definition) is 1. The second-order valence-corrected chi connectivity index (χ2v) is 6.34. The second kappa shape index (κ2) is 6.45. The Hall–Kier alpha value is -2.28. The van der Waals surface area contributed by atoms with Crippen LogP contribution in [0.2, 0.25) is 0 Å². The molecule has 0 saturated carbocycles. The zero-order chi connectivity index (χ0) is 16.4. The number of para-hydroxylation sites is 2. The number of aromatic nitrogens is 1. The van der Waals surface area contributed by atoms with Gasteiger partial charge in [0.25, 0.3) is 0 Å². The number of aryl methyl sites for hydroxylation is 1. The third-order valence-electron chi connectivity index (χ3n) is 3.96. The van der Waals surface area contributed by atoms with Crippen LogP contribution in [0.15, 0.2) is 24.3 Å². The molecule has 0 spiro atoms. The molecular weight excluding hydrogens is 314 g/mol. The van der Waals surface area contributed by atoms with E-state index in [1.165, 1.54) is 11.3 Å². The number of benzene rings is 1. The molecule has 2 heterocycles. The molecule has 0 radical (unpaired) electrons. The van der Waals surface area contributed by atoms with Gasteiger partial charge in [-0.25, -0.2) is 9.78 Å². The highest BCUT2D eigenvalue weighted by atomic mass is 32.1. The maximum absolute atomic E-state index is 11.2. The van der Waals surface area contributed by atoms with Crippen molar-refractivity contribution in [2.75, 3.05) is 43.1 Å². The van der Waals surface area contributed by atoms with Gasteiger partial charge >= 0.3 is 5.97 Å². The van der Waals surface area contributed by atoms with Gasteiger partial charge in [-0.1, -0.05) is 23.5 Å². The van der Waals surface area contributed by atoms with Crippen molar-refractivity contribution in [3.63, 3.8) is 0 Å². The zero-order valence-electron chi connectivity index (χ0n) is 13.2. The highest BCUT2D eigenvalue weighted by Gasteiger charge is 2.23. The minimum atomic E-state index is -0.904. The summed E-state index contributed by atoms with van der Waals surface area (Å²) in [6.45, 7) is 5.06. The molecule has 3 rings (SSSR count). The third-order valence-corrected chi connectivity index (χ3v) is 5.16. The van der Waals surface area contributed by atoms with Gasteiger partial charge in [-0.15, -0.1) is 0 Å². The first kappa shape index (κ1) is 15.6. The first-order valence-corrected chi connectivity index (χ1v) is 8.25. The summed E-state index contributed by atoms with van der Waals surface area (Å²) in [4.78, 5) is 20.3. The predicted octanol–water partition coefficient (Wildman–Crippen LogP) is 2.48. The number of carbonyl (C=O) groups is 1. The molecule has 1 aromatic heterocycles. The maximum atomic E-state index is 11.2. The van der Waals surface area contributed by atoms with Crippen LogP contribution in [0.1, 0.15) is 15.4 Å². The van der Waals surface area contributed by atoms with Crippen molar-refractivity contribution < 1.29 is 14.6 Å². The molecule has 1 saturated heterocycles. The Labute approximate surface area is 138 Å². The molecule has 23 heavy (non-hydrogen) atoms. The lowest BCUT2D eigenvalue weighted by molar-refractivity contribution is 0.0701. The fraction of sp³-hybridized carbons (Fsp3) is 0.375. The maximum Gasteiger partial charge on any atom is 0.347 e. The topological polar surface area (TPSA) is 65.9 Å². The lowest BCUT2D eigenvalue weighted by Crippen LogP contribution is -2.46. The lowest BCUT2D eigenvalue weighted by atomic mass is 10.2. The molecule has 7 heteroatoms. The number of aromatic carboxylic acids is 1. The van der Waals surface area contributed by atoms with Crippen molar-refractivity contribution >= 4 is 28.1 Å². The first-order valence-electron chi connectivity index (χ1n) is 7.44. The van der Waals surface area contributed by atoms with Gasteiger partial charge in [-0.05, 0) is 19.1 Å². The largest absolute Gasteiger partial charge is 0.495 e. The summed E-state index contributed by atoms with van der Waals surface area (Å²) >= 11 is 1.25. The molecule has 1 aliphatic rings. The van der Waals surface area contributed by atoms with E-state index in [9.17, 15) is 4.79 Å². The average Bonchev–Trinajstić information content (AvgIpc) is 2.97. The number of hydrogen-bond acceptors (Lipinski definition) is 6. The minimum absolute atomic E-state index is 0.326. The molecule has 6 nitrogen and oxygen atoms in total. The number of thiazole rings is 1. The number of carboxylic acids is 1. The third kappa shape index (κ3) is 3.10. The Morgan fingerprint density at radius 1 is 1.22 bits per heavy atom. The van der Waals surface area contributed by atoms with Crippen molar-refractivity contribution in [2.24, 2.45) is 0 Å². The number of anilines is 2. The van der Waals surface area contributed by atoms with Crippen molar-refractivity contribution in [1.82, 2.24) is 4.98 Å². The molecule has 1 aromatic carbocycles. The van der Waals surface area contributed by atoms with E-state index in [0.717, 1.165) is 42.7 Å². The van der Waals surface area contributed by atoms with Gasteiger partial charge in [0, 0.05) is 26.2 Å². The average molecular weight is 333 g/mol. The summed E-state index contributed by atoms with van der Waals surface area (Å²) in [7, 11) is 1.68. The van der Waals surface area contributed by atoms with Crippen molar-refractivity contribution in [1.29, 1.82) is 0 Å². The van der Waals surface area contributed by atoms with Crippen LogP contribution in [0, 0.1) is 6.92 Å². The van der Waals surface area contributed by atoms with Crippen LogP contribution in [0.25, 0.3) is 0 Å². The molecule has 122 valence electrons. The number of methoxy groups -OCH3 is 1. The van der Waals surface area contributed by atoms with E-state index >= 15 is 0 Å². The summed E-state index contributed by atoms with van der Waals surface area (Å²) in [5, 5.41) is 9.95. The highest BCUT2D eigenvalue weighted by molar-refractivity contribution is 7.17. The normalized spacial score (nSPS) is 14.9. The van der Waals surface area contributed by atoms with Crippen LogP contribution in [-0.4, -0.2) is 49.3 Å². The zero-order valence-corrected chi connectivity index (χ0v) is 14.0. The molecule has 0 aliphatic carbocycles. The van der Waals surface area contributed by atoms with E-state index in [4.69, 9.17) is 9.84 Å². The molecule has 0 bridgehead atoms. The summed E-state index contributed by atoms with van der Waals surface area (Å²) in [5.74, 6) is -0.0295. The molecule has 0 amide bonds. The molecule has 2 aromatic rings. The number of rotatable bonds is 4. The Kier molecular flexibility index (Phi) is 4.38. The first-order chi connectivity index (χ1) is 11.1. The predicted molar refractivity (Wildman–Crippen MR) is 91.2 cm³/mol. The van der Waals surface area contributed by atoms with Crippen molar-refractivity contribution in [3.8, 4) is 5.75 Å². The van der Waals surface area contributed by atoms with Gasteiger partial charge in [0.2, 0.25) is 0 Å². The molecule has 0 atom stereocenters. The summed E-state index contributed by atoms with van der Waals surface area (Å²) < 4.78 is 5.42. The van der Waals surface area contributed by atoms with E-state index in [1.807, 2.05) is 18.2 Å². The van der Waals surface area contributed by atoms with Crippen LogP contribution in [0.5, 0.6) is 5.75 Å². The molecule has 1 N–H and O–H groups in total. The van der Waals surface area contributed by atoms with E-state index < -0.39 is 5.97 Å². The van der Waals surface area contributed by atoms with E-state index in [-0.39, 0.29) is 0 Å². The van der Waals surface area contributed by atoms with Gasteiger partial charge in [0.15, 0.2) is 5.13 Å². The van der Waals surface area contributed by atoms with E-state index in [2.05, 4.69) is 20.9 Å². The Bertz CT molecular complexity index is 708. The van der Waals surface area contributed by atoms with Gasteiger partial charge in [0.1, 0.15) is 10.6 Å². The summed E-state index contributed by atoms with van der Waals surface area (Å²) in [5.41, 5.74) is 1.68. The van der Waals surface area contributed by atoms with Crippen LogP contribution in [0.4, 0.5) is 10.8 Å². The second-order valence-electron chi connectivity index (χ2n) is 5.36. The van der Waals surface area contributed by atoms with E-state index in [0.29, 0.717) is 10.6 Å². The van der Waals surface area contributed by atoms with Gasteiger partial charge in [-0.3, -0.25) is 0 Å². The number of carboxylic acid groups (broad SMARTS) is 1. The monoisotopic (exact) mass is 333 g/mol. The highest BCUT2D eigenvalue weighted by Crippen LogP contribution is 2.31. The van der Waals surface area contributed by atoms with Crippen LogP contribution in [0.3, 0.4) is 0 Å². The van der Waals surface area contributed by atoms with Crippen LogP contribution < -0.4 is 14.5 Å². The van der Waals surface area contributed by atoms with Crippen molar-refractivity contribution in [2.45, 2.75) is 6.92 Å². The Morgan fingerprint density at radius 3 is 2.48 bits per heavy atom. The molecular formula is C16H19N3O3S. The Balaban J connectivity index is 1.71. The standard InChI is InChI=1S/C16H19N3O3S/c1-11-14(15(20)21)23-16(17-11)19-9-7-18(8-10-19)12-5-3-4-6-13(12)22-2/h3-6H,7-10H2,1-2H3,(H,20,21). The fourth-order valence-corrected chi connectivity index (χ4v) is 3.70. The molecule has 0 unspecified atom stereocenters. The van der Waals surface area contributed by atoms with E-state index in [1.54, 1.807) is 14.0 Å². The van der Waals surface area contributed by atoms with Crippen LogP contribution >= 0.6 is 11.3 Å². The van der Waals surface area contributed by atoms with Crippen molar-refractivity contribution in [3.05, 3.63) is 34.8 Å². The Morgan fingerprint density at radius 2 is 1.87 bits per heavy atom. The van der Waals surface area contributed by atoms with Gasteiger partial charge in [-0.2, -0.15) is 0 Å². The fourth-order valence-electron chi connectivity index (χ4n) is 2.75. The molecule has 1 fully saturated rings. The van der Waals surface area contributed by atoms with Crippen LogP contribution in [-0.2, 0) is 0 Å². The molecule has 1 aliphatic heterocycles. The minimum Gasteiger partial charge on any atom is -0.495 e.